The van der Waals surface area contributed by atoms with Crippen molar-refractivity contribution in [3.8, 4) is 0 Å². The van der Waals surface area contributed by atoms with Gasteiger partial charge in [-0.3, -0.25) is 0 Å². The lowest BCUT2D eigenvalue weighted by molar-refractivity contribution is 0.0285. The molecule has 0 aromatic carbocycles. The average molecular weight is 340 g/mol. The summed E-state index contributed by atoms with van der Waals surface area (Å²) < 4.78 is 5.48. The zero-order valence-electron chi connectivity index (χ0n) is 15.1. The van der Waals surface area contributed by atoms with Crippen molar-refractivity contribution in [1.29, 1.82) is 0 Å². The van der Waals surface area contributed by atoms with E-state index >= 15 is 0 Å². The fourth-order valence-electron chi connectivity index (χ4n) is 2.93. The van der Waals surface area contributed by atoms with E-state index in [-0.39, 0.29) is 6.09 Å². The molecule has 5 nitrogen and oxygen atoms in total. The fourth-order valence-corrected chi connectivity index (χ4v) is 3.92. The highest BCUT2D eigenvalue weighted by Crippen LogP contribution is 2.26. The van der Waals surface area contributed by atoms with E-state index in [0.29, 0.717) is 12.0 Å². The second kappa shape index (κ2) is 7.18. The van der Waals surface area contributed by atoms with Crippen LogP contribution in [0.5, 0.6) is 0 Å². The van der Waals surface area contributed by atoms with Crippen LogP contribution in [0.25, 0.3) is 0 Å². The molecule has 0 aliphatic carbocycles. The van der Waals surface area contributed by atoms with Gasteiger partial charge in [0.05, 0.1) is 10.7 Å². The van der Waals surface area contributed by atoms with Gasteiger partial charge in [-0.1, -0.05) is 0 Å². The summed E-state index contributed by atoms with van der Waals surface area (Å²) in [6.07, 6.45) is 1.73. The highest BCUT2D eigenvalue weighted by Gasteiger charge is 2.33. The number of hydrogen-bond donors (Lipinski definition) is 1. The largest absolute Gasteiger partial charge is 0.444 e. The summed E-state index contributed by atoms with van der Waals surface area (Å²) >= 11 is 1.78. The van der Waals surface area contributed by atoms with Crippen LogP contribution < -0.4 is 5.32 Å². The van der Waals surface area contributed by atoms with Gasteiger partial charge in [-0.2, -0.15) is 0 Å². The fraction of sp³-hybridized carbons (Fsp3) is 0.765. The maximum atomic E-state index is 12.2. The number of aromatic nitrogens is 1. The van der Waals surface area contributed by atoms with E-state index in [0.717, 1.165) is 31.6 Å². The molecular weight excluding hydrogens is 310 g/mol. The van der Waals surface area contributed by atoms with Crippen LogP contribution in [0.1, 0.15) is 42.8 Å². The Morgan fingerprint density at radius 1 is 1.48 bits per heavy atom. The summed E-state index contributed by atoms with van der Waals surface area (Å²) in [5.41, 5.74) is 0.690. The van der Waals surface area contributed by atoms with Crippen molar-refractivity contribution in [3.05, 3.63) is 15.6 Å². The number of aryl methyl sites for hydroxylation is 2. The zero-order valence-corrected chi connectivity index (χ0v) is 15.9. The summed E-state index contributed by atoms with van der Waals surface area (Å²) in [7, 11) is 1.99. The molecule has 2 atom stereocenters. The third-order valence-electron chi connectivity index (χ3n) is 4.28. The molecule has 6 heteroatoms. The van der Waals surface area contributed by atoms with Gasteiger partial charge in [0, 0.05) is 30.4 Å². The van der Waals surface area contributed by atoms with Gasteiger partial charge in [-0.15, -0.1) is 11.3 Å². The third kappa shape index (κ3) is 4.91. The highest BCUT2D eigenvalue weighted by molar-refractivity contribution is 7.11. The van der Waals surface area contributed by atoms with Gasteiger partial charge in [-0.05, 0) is 54.0 Å². The molecule has 1 saturated heterocycles. The smallest absolute Gasteiger partial charge is 0.410 e. The van der Waals surface area contributed by atoms with Crippen LogP contribution in [-0.4, -0.2) is 47.8 Å². The van der Waals surface area contributed by atoms with Crippen molar-refractivity contribution >= 4 is 17.4 Å². The number of amides is 1. The molecule has 2 unspecified atom stereocenters. The van der Waals surface area contributed by atoms with Crippen molar-refractivity contribution in [2.24, 2.45) is 5.92 Å². The molecular formula is C17H29N3O2S. The van der Waals surface area contributed by atoms with E-state index in [1.54, 1.807) is 11.3 Å². The van der Waals surface area contributed by atoms with Crippen molar-refractivity contribution in [1.82, 2.24) is 15.2 Å². The number of likely N-dealkylation sites (tertiary alicyclic amines) is 1. The molecule has 1 aromatic rings. The number of nitrogens with zero attached hydrogens (tertiary/aromatic N) is 2. The standard InChI is InChI=1S/C17H29N3O2S/c1-11-12(2)23-15(19-11)9-14(18-6)13-7-8-20(10-13)16(21)22-17(3,4)5/h13-14,18H,7-10H2,1-6H3. The van der Waals surface area contributed by atoms with Crippen molar-refractivity contribution in [2.75, 3.05) is 20.1 Å². The molecule has 1 aliphatic heterocycles. The number of carbonyl (C=O) groups is 1. The van der Waals surface area contributed by atoms with Crippen LogP contribution in [0.3, 0.4) is 0 Å². The van der Waals surface area contributed by atoms with E-state index in [1.807, 2.05) is 32.7 Å². The molecule has 1 fully saturated rings. The molecule has 2 heterocycles. The molecule has 1 N–H and O–H groups in total. The SMILES string of the molecule is CNC(Cc1nc(C)c(C)s1)C1CCN(C(=O)OC(C)(C)C)C1. The van der Waals surface area contributed by atoms with Crippen LogP contribution in [0.15, 0.2) is 0 Å². The van der Waals surface area contributed by atoms with Gasteiger partial charge in [0.25, 0.3) is 0 Å². The van der Waals surface area contributed by atoms with Crippen LogP contribution in [0.4, 0.5) is 4.79 Å². The molecule has 1 aliphatic rings. The van der Waals surface area contributed by atoms with Gasteiger partial charge in [0.1, 0.15) is 5.60 Å². The number of likely N-dealkylation sites (N-methyl/N-ethyl adjacent to an activating group) is 1. The Hall–Kier alpha value is -1.14. The molecule has 0 radical (unpaired) electrons. The third-order valence-corrected chi connectivity index (χ3v) is 5.38. The molecule has 1 aromatic heterocycles. The molecule has 0 spiro atoms. The lowest BCUT2D eigenvalue weighted by Crippen LogP contribution is -2.39. The highest BCUT2D eigenvalue weighted by atomic mass is 32.1. The maximum absolute atomic E-state index is 12.2. The summed E-state index contributed by atoms with van der Waals surface area (Å²) in [5.74, 6) is 0.442. The first-order valence-corrected chi connectivity index (χ1v) is 9.09. The van der Waals surface area contributed by atoms with E-state index in [9.17, 15) is 4.79 Å². The number of rotatable bonds is 4. The number of thiazole rings is 1. The minimum atomic E-state index is -0.437. The number of ether oxygens (including phenoxy) is 1. The van der Waals surface area contributed by atoms with E-state index in [1.165, 1.54) is 9.88 Å². The van der Waals surface area contributed by atoms with Gasteiger partial charge >= 0.3 is 6.09 Å². The van der Waals surface area contributed by atoms with Crippen LogP contribution >= 0.6 is 11.3 Å². The summed E-state index contributed by atoms with van der Waals surface area (Å²) in [6, 6.07) is 0.340. The van der Waals surface area contributed by atoms with Crippen LogP contribution in [-0.2, 0) is 11.2 Å². The molecule has 0 bridgehead atoms. The average Bonchev–Trinajstić information content (AvgIpc) is 3.02. The molecule has 23 heavy (non-hydrogen) atoms. The summed E-state index contributed by atoms with van der Waals surface area (Å²) in [6.45, 7) is 11.4. The monoisotopic (exact) mass is 339 g/mol. The molecule has 2 rings (SSSR count). The van der Waals surface area contributed by atoms with Gasteiger partial charge in [0.2, 0.25) is 0 Å². The first-order chi connectivity index (χ1) is 10.7. The topological polar surface area (TPSA) is 54.5 Å². The number of carbonyl (C=O) groups excluding carboxylic acids is 1. The van der Waals surface area contributed by atoms with Crippen LogP contribution in [0, 0.1) is 19.8 Å². The van der Waals surface area contributed by atoms with Crippen molar-refractivity contribution in [2.45, 2.75) is 59.1 Å². The Morgan fingerprint density at radius 3 is 2.70 bits per heavy atom. The van der Waals surface area contributed by atoms with Gasteiger partial charge < -0.3 is 15.0 Å². The van der Waals surface area contributed by atoms with E-state index in [2.05, 4.69) is 24.1 Å². The minimum absolute atomic E-state index is 0.198. The number of hydrogen-bond acceptors (Lipinski definition) is 5. The lowest BCUT2D eigenvalue weighted by Gasteiger charge is -2.26. The Kier molecular flexibility index (Phi) is 5.68. The Bertz CT molecular complexity index is 531. The van der Waals surface area contributed by atoms with Crippen molar-refractivity contribution < 1.29 is 9.53 Å². The van der Waals surface area contributed by atoms with E-state index in [4.69, 9.17) is 4.74 Å². The summed E-state index contributed by atoms with van der Waals surface area (Å²) in [5, 5.41) is 4.59. The molecule has 130 valence electrons. The van der Waals surface area contributed by atoms with Crippen LogP contribution in [0.2, 0.25) is 0 Å². The summed E-state index contributed by atoms with van der Waals surface area (Å²) in [4.78, 5) is 20.0. The second-order valence-electron chi connectivity index (χ2n) is 7.32. The van der Waals surface area contributed by atoms with Gasteiger partial charge in [0.15, 0.2) is 0 Å². The quantitative estimate of drug-likeness (QED) is 0.915. The lowest BCUT2D eigenvalue weighted by atomic mass is 9.96. The second-order valence-corrected chi connectivity index (χ2v) is 8.61. The Balaban J connectivity index is 1.94. The van der Waals surface area contributed by atoms with E-state index < -0.39 is 5.60 Å². The predicted octanol–water partition coefficient (Wildman–Crippen LogP) is 3.15. The minimum Gasteiger partial charge on any atom is -0.444 e. The van der Waals surface area contributed by atoms with Gasteiger partial charge in [-0.25, -0.2) is 9.78 Å². The maximum Gasteiger partial charge on any atom is 0.410 e. The number of nitrogens with one attached hydrogen (secondary N) is 1. The Morgan fingerprint density at radius 2 is 2.17 bits per heavy atom. The first-order valence-electron chi connectivity index (χ1n) is 8.27. The molecule has 0 saturated carbocycles. The zero-order chi connectivity index (χ0) is 17.2. The Labute approximate surface area is 143 Å². The normalized spacial score (nSPS) is 19.9. The van der Waals surface area contributed by atoms with Crippen molar-refractivity contribution in [3.63, 3.8) is 0 Å². The molecule has 1 amide bonds. The predicted molar refractivity (Wildman–Crippen MR) is 94.1 cm³/mol. The first kappa shape index (κ1) is 18.2.